The van der Waals surface area contributed by atoms with Crippen LogP contribution < -0.4 is 0 Å². The number of ether oxygens (including phenoxy) is 1. The zero-order chi connectivity index (χ0) is 23.9. The van der Waals surface area contributed by atoms with Crippen LogP contribution in [0.25, 0.3) is 0 Å². The van der Waals surface area contributed by atoms with Crippen molar-refractivity contribution in [2.45, 2.75) is 25.3 Å². The molecule has 4 rings (SSSR count). The Bertz CT molecular complexity index is 1060. The van der Waals surface area contributed by atoms with Gasteiger partial charge < -0.3 is 14.5 Å². The van der Waals surface area contributed by atoms with Crippen molar-refractivity contribution in [1.29, 1.82) is 0 Å². The number of benzene rings is 3. The molecule has 0 radical (unpaired) electrons. The largest absolute Gasteiger partial charge is 0.383 e. The first-order valence-electron chi connectivity index (χ1n) is 11.8. The van der Waals surface area contributed by atoms with E-state index < -0.39 is 5.92 Å². The van der Waals surface area contributed by atoms with E-state index in [1.807, 2.05) is 77.7 Å². The third-order valence-electron chi connectivity index (χ3n) is 6.63. The van der Waals surface area contributed by atoms with Gasteiger partial charge in [-0.1, -0.05) is 84.9 Å². The summed E-state index contributed by atoms with van der Waals surface area (Å²) in [5.41, 5.74) is 4.30. The van der Waals surface area contributed by atoms with Gasteiger partial charge in [0, 0.05) is 20.2 Å². The van der Waals surface area contributed by atoms with Crippen molar-refractivity contribution in [2.75, 3.05) is 33.4 Å². The van der Waals surface area contributed by atoms with Gasteiger partial charge in [0.2, 0.25) is 11.8 Å². The fraction of sp³-hybridized carbons (Fsp3) is 0.310. The van der Waals surface area contributed by atoms with Gasteiger partial charge >= 0.3 is 0 Å². The van der Waals surface area contributed by atoms with E-state index in [4.69, 9.17) is 4.74 Å². The van der Waals surface area contributed by atoms with Crippen LogP contribution in [-0.2, 0) is 20.7 Å². The summed E-state index contributed by atoms with van der Waals surface area (Å²) < 4.78 is 5.29. The fourth-order valence-electron chi connectivity index (χ4n) is 4.79. The molecule has 34 heavy (non-hydrogen) atoms. The van der Waals surface area contributed by atoms with Gasteiger partial charge in [0.25, 0.3) is 0 Å². The molecular formula is C29H32N2O3. The Kier molecular flexibility index (Phi) is 7.76. The van der Waals surface area contributed by atoms with E-state index in [0.29, 0.717) is 19.7 Å². The Labute approximate surface area is 202 Å². The molecule has 0 N–H and O–H groups in total. The summed E-state index contributed by atoms with van der Waals surface area (Å²) in [6.45, 7) is 3.48. The summed E-state index contributed by atoms with van der Waals surface area (Å²) in [5.74, 6) is -0.606. The number of hydrogen-bond acceptors (Lipinski definition) is 3. The Morgan fingerprint density at radius 3 is 2.15 bits per heavy atom. The maximum atomic E-state index is 13.9. The highest BCUT2D eigenvalue weighted by Gasteiger charge is 2.32. The molecule has 176 valence electrons. The molecule has 0 aliphatic carbocycles. The lowest BCUT2D eigenvalue weighted by Crippen LogP contribution is -2.48. The first-order chi connectivity index (χ1) is 16.6. The fourth-order valence-corrected chi connectivity index (χ4v) is 4.79. The maximum absolute atomic E-state index is 13.9. The number of amides is 2. The molecule has 3 aromatic rings. The number of hydrogen-bond donors (Lipinski definition) is 0. The van der Waals surface area contributed by atoms with Gasteiger partial charge in [0.15, 0.2) is 0 Å². The molecule has 1 aliphatic rings. The van der Waals surface area contributed by atoms with Crippen LogP contribution >= 0.6 is 0 Å². The lowest BCUT2D eigenvalue weighted by atomic mass is 9.90. The van der Waals surface area contributed by atoms with Crippen LogP contribution in [0.3, 0.4) is 0 Å². The molecule has 0 fully saturated rings. The summed E-state index contributed by atoms with van der Waals surface area (Å²) in [5, 5.41) is 0. The van der Waals surface area contributed by atoms with Gasteiger partial charge in [-0.3, -0.25) is 9.59 Å². The lowest BCUT2D eigenvalue weighted by molar-refractivity contribution is -0.142. The Morgan fingerprint density at radius 2 is 1.53 bits per heavy atom. The highest BCUT2D eigenvalue weighted by Crippen LogP contribution is 2.30. The predicted molar refractivity (Wildman–Crippen MR) is 133 cm³/mol. The summed E-state index contributed by atoms with van der Waals surface area (Å²) >= 11 is 0. The minimum Gasteiger partial charge on any atom is -0.383 e. The summed E-state index contributed by atoms with van der Waals surface area (Å²) in [6.07, 6.45) is 0.828. The molecule has 1 heterocycles. The van der Waals surface area contributed by atoms with E-state index >= 15 is 0 Å². The zero-order valence-corrected chi connectivity index (χ0v) is 19.9. The van der Waals surface area contributed by atoms with E-state index in [1.165, 1.54) is 11.1 Å². The highest BCUT2D eigenvalue weighted by atomic mass is 16.5. The smallest absolute Gasteiger partial charge is 0.242 e. The highest BCUT2D eigenvalue weighted by molar-refractivity contribution is 5.91. The summed E-state index contributed by atoms with van der Waals surface area (Å²) in [6, 6.07) is 27.8. The molecule has 1 unspecified atom stereocenters. The van der Waals surface area contributed by atoms with Crippen molar-refractivity contribution in [3.63, 3.8) is 0 Å². The summed E-state index contributed by atoms with van der Waals surface area (Å²) in [4.78, 5) is 31.0. The predicted octanol–water partition coefficient (Wildman–Crippen LogP) is 4.44. The van der Waals surface area contributed by atoms with Crippen LogP contribution in [0.1, 0.15) is 41.1 Å². The van der Waals surface area contributed by atoms with Crippen LogP contribution in [-0.4, -0.2) is 55.0 Å². The first-order valence-corrected chi connectivity index (χ1v) is 11.8. The number of carbonyl (C=O) groups is 2. The second-order valence-corrected chi connectivity index (χ2v) is 8.72. The molecule has 0 saturated heterocycles. The molecule has 2 amide bonds. The Hall–Kier alpha value is -3.44. The molecule has 3 aromatic carbocycles. The van der Waals surface area contributed by atoms with Gasteiger partial charge in [-0.25, -0.2) is 0 Å². The summed E-state index contributed by atoms with van der Waals surface area (Å²) in [7, 11) is 1.61. The SMILES string of the molecule is COCCN(CC(=O)N1CCc2ccccc2C1C)C(=O)C(c1ccccc1)c1ccccc1. The zero-order valence-electron chi connectivity index (χ0n) is 19.9. The van der Waals surface area contributed by atoms with Gasteiger partial charge in [-0.15, -0.1) is 0 Å². The molecule has 5 heteroatoms. The molecule has 0 saturated carbocycles. The number of nitrogens with zero attached hydrogens (tertiary/aromatic N) is 2. The van der Waals surface area contributed by atoms with Crippen LogP contribution in [0, 0.1) is 0 Å². The third-order valence-corrected chi connectivity index (χ3v) is 6.63. The van der Waals surface area contributed by atoms with Crippen molar-refractivity contribution >= 4 is 11.8 Å². The average molecular weight is 457 g/mol. The van der Waals surface area contributed by atoms with Crippen molar-refractivity contribution in [1.82, 2.24) is 9.80 Å². The average Bonchev–Trinajstić information content (AvgIpc) is 2.88. The second kappa shape index (κ2) is 11.1. The van der Waals surface area contributed by atoms with Crippen LogP contribution in [0.15, 0.2) is 84.9 Å². The minimum absolute atomic E-state index is 0.0177. The minimum atomic E-state index is -0.480. The van der Waals surface area contributed by atoms with E-state index in [2.05, 4.69) is 19.1 Å². The van der Waals surface area contributed by atoms with Crippen molar-refractivity contribution in [3.05, 3.63) is 107 Å². The van der Waals surface area contributed by atoms with E-state index in [0.717, 1.165) is 17.5 Å². The lowest BCUT2D eigenvalue weighted by Gasteiger charge is -2.37. The number of fused-ring (bicyclic) bond motifs is 1. The van der Waals surface area contributed by atoms with E-state index in [-0.39, 0.29) is 24.4 Å². The van der Waals surface area contributed by atoms with Crippen molar-refractivity contribution in [2.24, 2.45) is 0 Å². The molecular weight excluding hydrogens is 424 g/mol. The van der Waals surface area contributed by atoms with Crippen molar-refractivity contribution in [3.8, 4) is 0 Å². The molecule has 1 aliphatic heterocycles. The second-order valence-electron chi connectivity index (χ2n) is 8.72. The molecule has 1 atom stereocenters. The molecule has 5 nitrogen and oxygen atoms in total. The quantitative estimate of drug-likeness (QED) is 0.504. The van der Waals surface area contributed by atoms with Gasteiger partial charge in [-0.05, 0) is 35.6 Å². The topological polar surface area (TPSA) is 49.9 Å². The monoisotopic (exact) mass is 456 g/mol. The first kappa shape index (κ1) is 23.7. The van der Waals surface area contributed by atoms with Crippen LogP contribution in [0.5, 0.6) is 0 Å². The normalized spacial score (nSPS) is 15.1. The standard InChI is InChI=1S/C29H32N2O3/c1-22-26-16-10-9-11-23(26)17-18-31(22)27(32)21-30(19-20-34-2)29(33)28(24-12-5-3-6-13-24)25-14-7-4-8-15-25/h3-16,22,28H,17-21H2,1-2H3. The number of rotatable bonds is 8. The van der Waals surface area contributed by atoms with Crippen LogP contribution in [0.2, 0.25) is 0 Å². The van der Waals surface area contributed by atoms with Crippen molar-refractivity contribution < 1.29 is 14.3 Å². The third kappa shape index (κ3) is 5.20. The van der Waals surface area contributed by atoms with E-state index in [9.17, 15) is 9.59 Å². The van der Waals surface area contributed by atoms with Gasteiger partial charge in [0.05, 0.1) is 25.1 Å². The Morgan fingerprint density at radius 1 is 0.941 bits per heavy atom. The van der Waals surface area contributed by atoms with Gasteiger partial charge in [0.1, 0.15) is 0 Å². The number of methoxy groups -OCH3 is 1. The van der Waals surface area contributed by atoms with E-state index in [1.54, 1.807) is 12.0 Å². The maximum Gasteiger partial charge on any atom is 0.242 e. The molecule has 0 aromatic heterocycles. The number of carbonyl (C=O) groups excluding carboxylic acids is 2. The molecule has 0 spiro atoms. The van der Waals surface area contributed by atoms with Gasteiger partial charge in [-0.2, -0.15) is 0 Å². The molecule has 0 bridgehead atoms. The van der Waals surface area contributed by atoms with Crippen LogP contribution in [0.4, 0.5) is 0 Å². The Balaban J connectivity index is 1.59.